The van der Waals surface area contributed by atoms with Crippen molar-refractivity contribution in [2.45, 2.75) is 18.9 Å². The number of carbonyl (C=O) groups excluding carboxylic acids is 1. The molecule has 0 aliphatic heterocycles. The fraction of sp³-hybridized carbons (Fsp3) is 0.333. The quantitative estimate of drug-likeness (QED) is 0.480. The van der Waals surface area contributed by atoms with Gasteiger partial charge < -0.3 is 15.5 Å². The summed E-state index contributed by atoms with van der Waals surface area (Å²) in [4.78, 5) is 32.7. The smallest absolute Gasteiger partial charge is 0.326 e. The molecule has 0 spiro atoms. The zero-order valence-electron chi connectivity index (χ0n) is 10.5. The monoisotopic (exact) mass is 282 g/mol. The zero-order chi connectivity index (χ0) is 15.1. The van der Waals surface area contributed by atoms with Crippen LogP contribution in [0.1, 0.15) is 12.0 Å². The van der Waals surface area contributed by atoms with E-state index in [1.165, 1.54) is 18.2 Å². The van der Waals surface area contributed by atoms with Gasteiger partial charge in [0.1, 0.15) is 6.04 Å². The molecule has 3 N–H and O–H groups in total. The molecule has 0 heterocycles. The largest absolute Gasteiger partial charge is 0.480 e. The van der Waals surface area contributed by atoms with Crippen molar-refractivity contribution >= 4 is 17.6 Å². The summed E-state index contributed by atoms with van der Waals surface area (Å²) in [5, 5.41) is 30.5. The van der Waals surface area contributed by atoms with E-state index in [1.807, 2.05) is 0 Å². The molecule has 1 amide bonds. The van der Waals surface area contributed by atoms with Gasteiger partial charge >= 0.3 is 5.97 Å². The van der Waals surface area contributed by atoms with Crippen LogP contribution in [0.15, 0.2) is 24.3 Å². The number of hydrogen-bond acceptors (Lipinski definition) is 5. The van der Waals surface area contributed by atoms with Gasteiger partial charge in [0.15, 0.2) is 0 Å². The van der Waals surface area contributed by atoms with E-state index in [1.54, 1.807) is 6.07 Å². The molecule has 1 aromatic carbocycles. The first-order valence-corrected chi connectivity index (χ1v) is 5.81. The minimum atomic E-state index is -1.27. The summed E-state index contributed by atoms with van der Waals surface area (Å²) in [5.74, 6) is -1.92. The Bertz CT molecular complexity index is 516. The molecule has 8 heteroatoms. The fourth-order valence-electron chi connectivity index (χ4n) is 1.64. The minimum Gasteiger partial charge on any atom is -0.480 e. The van der Waals surface area contributed by atoms with E-state index in [9.17, 15) is 19.7 Å². The molecule has 1 unspecified atom stereocenters. The van der Waals surface area contributed by atoms with Gasteiger partial charge in [-0.15, -0.1) is 0 Å². The average Bonchev–Trinajstić information content (AvgIpc) is 2.38. The molecule has 0 bridgehead atoms. The topological polar surface area (TPSA) is 130 Å². The van der Waals surface area contributed by atoms with Crippen LogP contribution in [0.4, 0.5) is 5.69 Å². The molecule has 0 aliphatic carbocycles. The molecule has 1 rings (SSSR count). The first kappa shape index (κ1) is 15.6. The van der Waals surface area contributed by atoms with Gasteiger partial charge in [0.25, 0.3) is 5.69 Å². The molecular formula is C12H14N2O6. The van der Waals surface area contributed by atoms with E-state index < -0.39 is 22.8 Å². The Morgan fingerprint density at radius 1 is 1.35 bits per heavy atom. The highest BCUT2D eigenvalue weighted by atomic mass is 16.6. The second-order valence-corrected chi connectivity index (χ2v) is 4.03. The number of nitro benzene ring substituents is 1. The number of carbonyl (C=O) groups is 2. The average molecular weight is 282 g/mol. The summed E-state index contributed by atoms with van der Waals surface area (Å²) in [6, 6.07) is 4.52. The number of carboxylic acid groups (broad SMARTS) is 1. The Balaban J connectivity index is 2.76. The maximum Gasteiger partial charge on any atom is 0.326 e. The van der Waals surface area contributed by atoms with Gasteiger partial charge in [-0.25, -0.2) is 4.79 Å². The van der Waals surface area contributed by atoms with E-state index in [0.29, 0.717) is 0 Å². The molecule has 1 aromatic rings. The molecule has 0 saturated heterocycles. The molecule has 0 aliphatic rings. The normalized spacial score (nSPS) is 11.7. The summed E-state index contributed by atoms with van der Waals surface area (Å²) in [5.41, 5.74) is -0.000166. The highest BCUT2D eigenvalue weighted by Gasteiger charge is 2.21. The number of hydrogen-bond donors (Lipinski definition) is 3. The number of nitro groups is 1. The number of rotatable bonds is 7. The van der Waals surface area contributed by atoms with Crippen molar-refractivity contribution in [2.75, 3.05) is 6.61 Å². The van der Waals surface area contributed by atoms with Crippen molar-refractivity contribution in [3.8, 4) is 0 Å². The maximum absolute atomic E-state index is 11.7. The minimum absolute atomic E-state index is 0.127. The molecule has 0 fully saturated rings. The van der Waals surface area contributed by atoms with Crippen LogP contribution < -0.4 is 5.32 Å². The van der Waals surface area contributed by atoms with Crippen molar-refractivity contribution < 1.29 is 24.7 Å². The van der Waals surface area contributed by atoms with Crippen molar-refractivity contribution in [3.63, 3.8) is 0 Å². The number of para-hydroxylation sites is 1. The maximum atomic E-state index is 11.7. The third kappa shape index (κ3) is 4.32. The van der Waals surface area contributed by atoms with Crippen molar-refractivity contribution in [2.24, 2.45) is 0 Å². The van der Waals surface area contributed by atoms with Crippen LogP contribution in [-0.4, -0.2) is 39.7 Å². The molecule has 0 aromatic heterocycles. The highest BCUT2D eigenvalue weighted by molar-refractivity contribution is 5.85. The van der Waals surface area contributed by atoms with Crippen LogP contribution in [0.3, 0.4) is 0 Å². The lowest BCUT2D eigenvalue weighted by molar-refractivity contribution is -0.385. The number of benzene rings is 1. The van der Waals surface area contributed by atoms with Crippen LogP contribution in [0.2, 0.25) is 0 Å². The summed E-state index contributed by atoms with van der Waals surface area (Å²) in [7, 11) is 0. The molecule has 20 heavy (non-hydrogen) atoms. The predicted octanol–water partition coefficient (Wildman–Crippen LogP) is 0.0891. The lowest BCUT2D eigenvalue weighted by atomic mass is 10.1. The van der Waals surface area contributed by atoms with E-state index in [0.717, 1.165) is 0 Å². The van der Waals surface area contributed by atoms with Gasteiger partial charge in [-0.3, -0.25) is 14.9 Å². The molecule has 0 saturated carbocycles. The SMILES string of the molecule is O=C(Cc1ccccc1[N+](=O)[O-])NC(CCO)C(=O)O. The summed E-state index contributed by atoms with van der Waals surface area (Å²) in [6.07, 6.45) is -0.426. The Labute approximate surface area is 114 Å². The Morgan fingerprint density at radius 2 is 2.00 bits per heavy atom. The molecule has 8 nitrogen and oxygen atoms in total. The van der Waals surface area contributed by atoms with Crippen LogP contribution >= 0.6 is 0 Å². The second-order valence-electron chi connectivity index (χ2n) is 4.03. The van der Waals surface area contributed by atoms with E-state index in [2.05, 4.69) is 5.32 Å². The number of aliphatic hydroxyl groups excluding tert-OH is 1. The first-order valence-electron chi connectivity index (χ1n) is 5.81. The van der Waals surface area contributed by atoms with E-state index in [-0.39, 0.29) is 30.7 Å². The summed E-state index contributed by atoms with van der Waals surface area (Å²) < 4.78 is 0. The third-order valence-electron chi connectivity index (χ3n) is 2.59. The van der Waals surface area contributed by atoms with Crippen LogP contribution in [0, 0.1) is 10.1 Å². The number of amides is 1. The lowest BCUT2D eigenvalue weighted by Crippen LogP contribution is -2.42. The first-order chi connectivity index (χ1) is 9.45. The van der Waals surface area contributed by atoms with E-state index in [4.69, 9.17) is 10.2 Å². The number of nitrogens with one attached hydrogen (secondary N) is 1. The highest BCUT2D eigenvalue weighted by Crippen LogP contribution is 2.18. The summed E-state index contributed by atoms with van der Waals surface area (Å²) in [6.45, 7) is -0.386. The van der Waals surface area contributed by atoms with Crippen LogP contribution in [0.25, 0.3) is 0 Å². The standard InChI is InChI=1S/C12H14N2O6/c15-6-5-9(12(17)18)13-11(16)7-8-3-1-2-4-10(8)14(19)20/h1-4,9,15H,5-7H2,(H,13,16)(H,17,18). The van der Waals surface area contributed by atoms with Gasteiger partial charge in [-0.05, 0) is 0 Å². The van der Waals surface area contributed by atoms with Crippen molar-refractivity contribution in [1.29, 1.82) is 0 Å². The van der Waals surface area contributed by atoms with Gasteiger partial charge in [-0.2, -0.15) is 0 Å². The number of aliphatic hydroxyl groups is 1. The Hall–Kier alpha value is -2.48. The predicted molar refractivity (Wildman–Crippen MR) is 68.1 cm³/mol. The molecule has 1 atom stereocenters. The number of aliphatic carboxylic acids is 1. The lowest BCUT2D eigenvalue weighted by Gasteiger charge is -2.13. The van der Waals surface area contributed by atoms with Crippen LogP contribution in [-0.2, 0) is 16.0 Å². The van der Waals surface area contributed by atoms with E-state index >= 15 is 0 Å². The summed E-state index contributed by atoms with van der Waals surface area (Å²) >= 11 is 0. The van der Waals surface area contributed by atoms with Gasteiger partial charge in [0.2, 0.25) is 5.91 Å². The van der Waals surface area contributed by atoms with Crippen molar-refractivity contribution in [3.05, 3.63) is 39.9 Å². The van der Waals surface area contributed by atoms with Gasteiger partial charge in [0.05, 0.1) is 11.3 Å². The Morgan fingerprint density at radius 3 is 2.55 bits per heavy atom. The van der Waals surface area contributed by atoms with Gasteiger partial charge in [0, 0.05) is 24.7 Å². The fourth-order valence-corrected chi connectivity index (χ4v) is 1.64. The number of nitrogens with zero attached hydrogens (tertiary/aromatic N) is 1. The second kappa shape index (κ2) is 7.19. The third-order valence-corrected chi connectivity index (χ3v) is 2.59. The van der Waals surface area contributed by atoms with Gasteiger partial charge in [-0.1, -0.05) is 18.2 Å². The van der Waals surface area contributed by atoms with Crippen LogP contribution in [0.5, 0.6) is 0 Å². The molecular weight excluding hydrogens is 268 g/mol. The Kier molecular flexibility index (Phi) is 5.60. The number of carboxylic acids is 1. The zero-order valence-corrected chi connectivity index (χ0v) is 10.5. The van der Waals surface area contributed by atoms with Crippen molar-refractivity contribution in [1.82, 2.24) is 5.32 Å². The molecule has 108 valence electrons. The molecule has 0 radical (unpaired) electrons.